The summed E-state index contributed by atoms with van der Waals surface area (Å²) in [5.41, 5.74) is 0. The fourth-order valence-corrected chi connectivity index (χ4v) is 9.46. The minimum atomic E-state index is -0.813. The van der Waals surface area contributed by atoms with Crippen LogP contribution in [-0.2, 0) is 28.6 Å². The van der Waals surface area contributed by atoms with Gasteiger partial charge in [0.15, 0.2) is 6.10 Å². The average Bonchev–Trinajstić information content (AvgIpc) is 3.40. The Morgan fingerprint density at radius 2 is 0.581 bits per heavy atom. The van der Waals surface area contributed by atoms with Crippen LogP contribution in [0.5, 0.6) is 0 Å². The van der Waals surface area contributed by atoms with E-state index in [0.717, 1.165) is 83.5 Å². The lowest BCUT2D eigenvalue weighted by molar-refractivity contribution is -0.166. The molecule has 0 aromatic rings. The van der Waals surface area contributed by atoms with Crippen LogP contribution in [0.25, 0.3) is 0 Å². The van der Waals surface area contributed by atoms with Gasteiger partial charge in [-0.1, -0.05) is 313 Å². The topological polar surface area (TPSA) is 78.9 Å². The Labute approximate surface area is 460 Å². The lowest BCUT2D eigenvalue weighted by atomic mass is 10.0. The van der Waals surface area contributed by atoms with Gasteiger partial charge >= 0.3 is 17.9 Å². The second-order valence-corrected chi connectivity index (χ2v) is 21.6. The molecule has 430 valence electrons. The Balaban J connectivity index is 4.02. The molecule has 0 rings (SSSR count). The summed E-state index contributed by atoms with van der Waals surface area (Å²) in [6, 6.07) is 0. The highest BCUT2D eigenvalue weighted by molar-refractivity contribution is 5.71. The summed E-state index contributed by atoms with van der Waals surface area (Å²) in [5.74, 6) is -0.986. The van der Waals surface area contributed by atoms with Gasteiger partial charge in [-0.25, -0.2) is 0 Å². The van der Waals surface area contributed by atoms with E-state index in [1.807, 2.05) is 6.08 Å². The highest BCUT2D eigenvalue weighted by Gasteiger charge is 2.19. The van der Waals surface area contributed by atoms with Crippen LogP contribution < -0.4 is 0 Å². The Kier molecular flexibility index (Phi) is 60.2. The molecule has 0 heterocycles. The molecular weight excluding hydrogens is 913 g/mol. The third kappa shape index (κ3) is 60.0. The summed E-state index contributed by atoms with van der Waals surface area (Å²) in [6.45, 7) is 6.43. The van der Waals surface area contributed by atoms with E-state index in [2.05, 4.69) is 75.5 Å². The second kappa shape index (κ2) is 62.6. The van der Waals surface area contributed by atoms with Crippen LogP contribution >= 0.6 is 0 Å². The van der Waals surface area contributed by atoms with Crippen molar-refractivity contribution in [2.45, 2.75) is 341 Å². The highest BCUT2D eigenvalue weighted by Crippen LogP contribution is 2.18. The predicted molar refractivity (Wildman–Crippen MR) is 321 cm³/mol. The predicted octanol–water partition coefficient (Wildman–Crippen LogP) is 21.9. The molecule has 74 heavy (non-hydrogen) atoms. The largest absolute Gasteiger partial charge is 0.462 e. The Bertz CT molecular complexity index is 1330. The van der Waals surface area contributed by atoms with Gasteiger partial charge in [0.25, 0.3) is 0 Å². The number of hydrogen-bond donors (Lipinski definition) is 0. The number of allylic oxidation sites excluding steroid dienone is 10. The van der Waals surface area contributed by atoms with Crippen LogP contribution in [-0.4, -0.2) is 37.2 Å². The van der Waals surface area contributed by atoms with Gasteiger partial charge in [-0.3, -0.25) is 14.4 Å². The first-order valence-corrected chi connectivity index (χ1v) is 32.3. The normalized spacial score (nSPS) is 12.4. The molecule has 0 amide bonds. The second-order valence-electron chi connectivity index (χ2n) is 21.6. The molecular formula is C68H122O6. The molecule has 0 aliphatic heterocycles. The zero-order valence-electron chi connectivity index (χ0n) is 49.4. The van der Waals surface area contributed by atoms with Crippen molar-refractivity contribution >= 4 is 17.9 Å². The highest BCUT2D eigenvalue weighted by atomic mass is 16.6. The van der Waals surface area contributed by atoms with E-state index >= 15 is 0 Å². The molecule has 0 fully saturated rings. The first kappa shape index (κ1) is 71.1. The molecule has 1 atom stereocenters. The van der Waals surface area contributed by atoms with Crippen molar-refractivity contribution in [1.82, 2.24) is 0 Å². The maximum atomic E-state index is 12.8. The molecule has 0 bridgehead atoms. The average molecular weight is 1040 g/mol. The maximum absolute atomic E-state index is 12.8. The summed E-state index contributed by atoms with van der Waals surface area (Å²) in [7, 11) is 0. The SMILES string of the molecule is CC/C=C\C/C=C\C/C=C\C/C=C\CCC(=O)OC(COC(=O)CCCCCCC/C=C\CCC)COC(=O)CCCCCCCCCCCCCCCCCCCCCCCCCCCCCCCCCCC. The summed E-state index contributed by atoms with van der Waals surface area (Å²) < 4.78 is 16.8. The molecule has 1 unspecified atom stereocenters. The molecule has 0 radical (unpaired) electrons. The van der Waals surface area contributed by atoms with Crippen LogP contribution in [0.1, 0.15) is 335 Å². The Morgan fingerprint density at radius 1 is 0.284 bits per heavy atom. The van der Waals surface area contributed by atoms with Gasteiger partial charge in [0.2, 0.25) is 0 Å². The minimum Gasteiger partial charge on any atom is -0.462 e. The van der Waals surface area contributed by atoms with E-state index in [0.29, 0.717) is 19.3 Å². The van der Waals surface area contributed by atoms with Crippen LogP contribution in [0.3, 0.4) is 0 Å². The summed E-state index contributed by atoms with van der Waals surface area (Å²) in [6.07, 6.45) is 80.1. The van der Waals surface area contributed by atoms with Crippen LogP contribution in [0.15, 0.2) is 60.8 Å². The van der Waals surface area contributed by atoms with E-state index in [-0.39, 0.29) is 37.5 Å². The molecule has 0 aromatic heterocycles. The first-order valence-electron chi connectivity index (χ1n) is 32.3. The molecule has 0 spiro atoms. The molecule has 6 heteroatoms. The monoisotopic (exact) mass is 1030 g/mol. The van der Waals surface area contributed by atoms with Crippen LogP contribution in [0.4, 0.5) is 0 Å². The standard InChI is InChI=1S/C68H122O6/c1-4-7-10-13-16-19-22-24-25-26-27-28-29-30-31-32-33-34-35-36-37-38-39-40-41-42-43-45-46-49-52-55-58-61-67(70)73-64-65(63-72-66(69)60-57-54-51-48-21-18-15-12-9-6-3)74-68(71)62-59-56-53-50-47-44-23-20-17-14-11-8-5-2/h8,11-12,15,17,20,44,47,53,56,65H,4-7,9-10,13-14,16,18-19,21-43,45-46,48-52,54-55,57-64H2,1-3H3/b11-8-,15-12-,20-17-,47-44-,56-53-. The number of rotatable bonds is 59. The van der Waals surface area contributed by atoms with Gasteiger partial charge in [-0.2, -0.15) is 0 Å². The zero-order valence-corrected chi connectivity index (χ0v) is 49.4. The Morgan fingerprint density at radius 3 is 0.932 bits per heavy atom. The van der Waals surface area contributed by atoms with E-state index in [1.54, 1.807) is 0 Å². The van der Waals surface area contributed by atoms with Gasteiger partial charge in [-0.15, -0.1) is 0 Å². The smallest absolute Gasteiger partial charge is 0.306 e. The Hall–Kier alpha value is -2.89. The summed E-state index contributed by atoms with van der Waals surface area (Å²) >= 11 is 0. The quantitative estimate of drug-likeness (QED) is 0.0261. The van der Waals surface area contributed by atoms with Gasteiger partial charge in [0.05, 0.1) is 0 Å². The fourth-order valence-electron chi connectivity index (χ4n) is 9.46. The fraction of sp³-hybridized carbons (Fsp3) is 0.809. The number of unbranched alkanes of at least 4 members (excludes halogenated alkanes) is 38. The number of hydrogen-bond acceptors (Lipinski definition) is 6. The third-order valence-corrected chi connectivity index (χ3v) is 14.3. The van der Waals surface area contributed by atoms with Crippen molar-refractivity contribution in [2.75, 3.05) is 13.2 Å². The molecule has 0 saturated carbocycles. The van der Waals surface area contributed by atoms with Gasteiger partial charge in [0.1, 0.15) is 13.2 Å². The molecule has 0 aliphatic carbocycles. The van der Waals surface area contributed by atoms with Gasteiger partial charge in [0, 0.05) is 19.3 Å². The van der Waals surface area contributed by atoms with Crippen molar-refractivity contribution in [3.8, 4) is 0 Å². The number of esters is 3. The van der Waals surface area contributed by atoms with E-state index in [1.165, 1.54) is 205 Å². The van der Waals surface area contributed by atoms with Gasteiger partial charge < -0.3 is 14.2 Å². The van der Waals surface area contributed by atoms with Crippen molar-refractivity contribution < 1.29 is 28.6 Å². The van der Waals surface area contributed by atoms with Crippen molar-refractivity contribution in [3.05, 3.63) is 60.8 Å². The van der Waals surface area contributed by atoms with Crippen LogP contribution in [0, 0.1) is 0 Å². The lowest BCUT2D eigenvalue weighted by Gasteiger charge is -2.18. The molecule has 0 N–H and O–H groups in total. The zero-order chi connectivity index (χ0) is 53.6. The van der Waals surface area contributed by atoms with Crippen molar-refractivity contribution in [3.63, 3.8) is 0 Å². The van der Waals surface area contributed by atoms with Gasteiger partial charge in [-0.05, 0) is 64.2 Å². The van der Waals surface area contributed by atoms with E-state index in [4.69, 9.17) is 14.2 Å². The van der Waals surface area contributed by atoms with E-state index in [9.17, 15) is 14.4 Å². The molecule has 0 aliphatic rings. The molecule has 6 nitrogen and oxygen atoms in total. The van der Waals surface area contributed by atoms with Crippen molar-refractivity contribution in [2.24, 2.45) is 0 Å². The summed E-state index contributed by atoms with van der Waals surface area (Å²) in [4.78, 5) is 38.0. The third-order valence-electron chi connectivity index (χ3n) is 14.3. The molecule has 0 aromatic carbocycles. The van der Waals surface area contributed by atoms with E-state index < -0.39 is 6.10 Å². The summed E-state index contributed by atoms with van der Waals surface area (Å²) in [5, 5.41) is 0. The number of carbonyl (C=O) groups is 3. The first-order chi connectivity index (χ1) is 36.5. The minimum absolute atomic E-state index is 0.103. The van der Waals surface area contributed by atoms with Crippen LogP contribution in [0.2, 0.25) is 0 Å². The molecule has 0 saturated heterocycles. The van der Waals surface area contributed by atoms with Crippen molar-refractivity contribution in [1.29, 1.82) is 0 Å². The maximum Gasteiger partial charge on any atom is 0.306 e. The lowest BCUT2D eigenvalue weighted by Crippen LogP contribution is -2.30. The number of carbonyl (C=O) groups excluding carboxylic acids is 3. The number of ether oxygens (including phenoxy) is 3.